The zero-order chi connectivity index (χ0) is 17.6. The van der Waals surface area contributed by atoms with Crippen LogP contribution in [-0.4, -0.2) is 38.5 Å². The lowest BCUT2D eigenvalue weighted by Crippen LogP contribution is -2.37. The highest BCUT2D eigenvalue weighted by Crippen LogP contribution is 2.20. The number of nitrogens with one attached hydrogen (secondary N) is 1. The van der Waals surface area contributed by atoms with Crippen LogP contribution in [0.5, 0.6) is 5.75 Å². The van der Waals surface area contributed by atoms with Gasteiger partial charge in [0, 0.05) is 17.8 Å². The van der Waals surface area contributed by atoms with Gasteiger partial charge in [0.15, 0.2) is 0 Å². The van der Waals surface area contributed by atoms with E-state index in [1.54, 1.807) is 48.5 Å². The Labute approximate surface area is 142 Å². The molecule has 0 saturated carbocycles. The monoisotopic (exact) mass is 348 g/mol. The van der Waals surface area contributed by atoms with Crippen LogP contribution in [0, 0.1) is 0 Å². The first-order valence-electron chi connectivity index (χ1n) is 7.32. The molecule has 1 amide bonds. The van der Waals surface area contributed by atoms with Gasteiger partial charge in [0.25, 0.3) is 0 Å². The highest BCUT2D eigenvalue weighted by atomic mass is 32.2. The van der Waals surface area contributed by atoms with E-state index in [0.29, 0.717) is 17.0 Å². The number of hydrogen-bond donors (Lipinski definition) is 1. The molecule has 6 nitrogen and oxygen atoms in total. The minimum Gasteiger partial charge on any atom is -0.496 e. The van der Waals surface area contributed by atoms with Crippen molar-refractivity contribution >= 4 is 21.6 Å². The average Bonchev–Trinajstić information content (AvgIpc) is 2.54. The average molecular weight is 348 g/mol. The molecule has 0 atom stereocenters. The highest BCUT2D eigenvalue weighted by Gasteiger charge is 2.22. The third-order valence-corrected chi connectivity index (χ3v) is 4.58. The second kappa shape index (κ2) is 7.94. The summed E-state index contributed by atoms with van der Waals surface area (Å²) in [5.41, 5.74) is 1.31. The minimum absolute atomic E-state index is 0.0606. The van der Waals surface area contributed by atoms with E-state index in [1.165, 1.54) is 7.11 Å². The number of methoxy groups -OCH3 is 1. The van der Waals surface area contributed by atoms with Gasteiger partial charge in [-0.15, -0.1) is 0 Å². The molecule has 2 aromatic carbocycles. The number of rotatable bonds is 7. The number of benzene rings is 2. The number of nitrogens with zero attached hydrogens (tertiary/aromatic N) is 1. The standard InChI is InChI=1S/C17H20N2O4S/c1-23-16-11-7-6-8-14(16)12-19(24(2,21)22)13-17(20)18-15-9-4-3-5-10-15/h3-11H,12-13H2,1-2H3,(H,18,20). The number of sulfonamides is 1. The molecule has 128 valence electrons. The molecule has 0 radical (unpaired) electrons. The van der Waals surface area contributed by atoms with Crippen molar-refractivity contribution in [1.29, 1.82) is 0 Å². The minimum atomic E-state index is -3.56. The Morgan fingerprint density at radius 1 is 1.08 bits per heavy atom. The summed E-state index contributed by atoms with van der Waals surface area (Å²) >= 11 is 0. The van der Waals surface area contributed by atoms with E-state index in [2.05, 4.69) is 5.32 Å². The van der Waals surface area contributed by atoms with Gasteiger partial charge in [-0.1, -0.05) is 36.4 Å². The summed E-state index contributed by atoms with van der Waals surface area (Å²) in [5.74, 6) is 0.177. The summed E-state index contributed by atoms with van der Waals surface area (Å²) < 4.78 is 30.4. The molecule has 0 saturated heterocycles. The summed E-state index contributed by atoms with van der Waals surface area (Å²) in [6, 6.07) is 16.0. The first kappa shape index (κ1) is 18.0. The van der Waals surface area contributed by atoms with Crippen molar-refractivity contribution in [1.82, 2.24) is 4.31 Å². The van der Waals surface area contributed by atoms with Crippen molar-refractivity contribution in [2.24, 2.45) is 0 Å². The van der Waals surface area contributed by atoms with Crippen LogP contribution in [0.1, 0.15) is 5.56 Å². The molecule has 2 aromatic rings. The SMILES string of the molecule is COc1ccccc1CN(CC(=O)Nc1ccccc1)S(C)(=O)=O. The van der Waals surface area contributed by atoms with E-state index in [9.17, 15) is 13.2 Å². The molecule has 1 N–H and O–H groups in total. The van der Waals surface area contributed by atoms with E-state index in [4.69, 9.17) is 4.74 Å². The molecule has 0 unspecified atom stereocenters. The van der Waals surface area contributed by atoms with E-state index >= 15 is 0 Å². The van der Waals surface area contributed by atoms with Gasteiger partial charge in [0.1, 0.15) is 5.75 Å². The Balaban J connectivity index is 2.13. The van der Waals surface area contributed by atoms with Gasteiger partial charge in [-0.3, -0.25) is 4.79 Å². The number of anilines is 1. The van der Waals surface area contributed by atoms with Gasteiger partial charge < -0.3 is 10.1 Å². The Bertz CT molecular complexity index is 791. The predicted molar refractivity (Wildman–Crippen MR) is 93.3 cm³/mol. The smallest absolute Gasteiger partial charge is 0.239 e. The Hall–Kier alpha value is -2.38. The lowest BCUT2D eigenvalue weighted by atomic mass is 10.2. The van der Waals surface area contributed by atoms with Crippen molar-refractivity contribution in [3.63, 3.8) is 0 Å². The maximum Gasteiger partial charge on any atom is 0.239 e. The zero-order valence-electron chi connectivity index (χ0n) is 13.6. The van der Waals surface area contributed by atoms with E-state index in [1.807, 2.05) is 6.07 Å². The van der Waals surface area contributed by atoms with Gasteiger partial charge in [-0.05, 0) is 18.2 Å². The predicted octanol–water partition coefficient (Wildman–Crippen LogP) is 2.10. The Kier molecular flexibility index (Phi) is 5.94. The van der Waals surface area contributed by atoms with Crippen molar-refractivity contribution < 1.29 is 17.9 Å². The fraction of sp³-hybridized carbons (Fsp3) is 0.235. The van der Waals surface area contributed by atoms with Crippen LogP contribution in [0.15, 0.2) is 54.6 Å². The molecule has 0 bridgehead atoms. The summed E-state index contributed by atoms with van der Waals surface area (Å²) in [5, 5.41) is 2.68. The summed E-state index contributed by atoms with van der Waals surface area (Å²) in [6.45, 7) is -0.211. The van der Waals surface area contributed by atoms with E-state index < -0.39 is 15.9 Å². The normalized spacial score (nSPS) is 11.3. The highest BCUT2D eigenvalue weighted by molar-refractivity contribution is 7.88. The summed E-state index contributed by atoms with van der Waals surface area (Å²) in [6.07, 6.45) is 1.08. The molecular weight excluding hydrogens is 328 g/mol. The number of hydrogen-bond acceptors (Lipinski definition) is 4. The number of amides is 1. The number of carbonyl (C=O) groups is 1. The molecule has 2 rings (SSSR count). The van der Waals surface area contributed by atoms with Crippen LogP contribution in [-0.2, 0) is 21.4 Å². The van der Waals surface area contributed by atoms with E-state index in [-0.39, 0.29) is 13.1 Å². The Morgan fingerprint density at radius 3 is 2.33 bits per heavy atom. The molecule has 0 fully saturated rings. The van der Waals surface area contributed by atoms with Crippen LogP contribution in [0.4, 0.5) is 5.69 Å². The molecule has 0 aliphatic heterocycles. The van der Waals surface area contributed by atoms with Crippen molar-refractivity contribution in [3.8, 4) is 5.75 Å². The number of ether oxygens (including phenoxy) is 1. The largest absolute Gasteiger partial charge is 0.496 e. The molecular formula is C17H20N2O4S. The lowest BCUT2D eigenvalue weighted by Gasteiger charge is -2.20. The number of carbonyl (C=O) groups excluding carboxylic acids is 1. The van der Waals surface area contributed by atoms with Crippen LogP contribution < -0.4 is 10.1 Å². The first-order chi connectivity index (χ1) is 11.4. The van der Waals surface area contributed by atoms with Gasteiger partial charge in [-0.2, -0.15) is 4.31 Å². The van der Waals surface area contributed by atoms with Gasteiger partial charge in [0.2, 0.25) is 15.9 Å². The Morgan fingerprint density at radius 2 is 1.71 bits per heavy atom. The third kappa shape index (κ3) is 5.07. The van der Waals surface area contributed by atoms with Crippen molar-refractivity contribution in [3.05, 3.63) is 60.2 Å². The molecule has 0 heterocycles. The number of para-hydroxylation sites is 2. The van der Waals surface area contributed by atoms with Gasteiger partial charge >= 0.3 is 0 Å². The fourth-order valence-electron chi connectivity index (χ4n) is 2.20. The maximum absolute atomic E-state index is 12.2. The summed E-state index contributed by atoms with van der Waals surface area (Å²) in [4.78, 5) is 12.2. The molecule has 24 heavy (non-hydrogen) atoms. The third-order valence-electron chi connectivity index (χ3n) is 3.39. The molecule has 0 aromatic heterocycles. The second-order valence-corrected chi connectivity index (χ2v) is 7.24. The quantitative estimate of drug-likeness (QED) is 0.831. The fourth-order valence-corrected chi connectivity index (χ4v) is 2.92. The lowest BCUT2D eigenvalue weighted by molar-refractivity contribution is -0.116. The topological polar surface area (TPSA) is 75.7 Å². The van der Waals surface area contributed by atoms with Gasteiger partial charge in [-0.25, -0.2) is 8.42 Å². The van der Waals surface area contributed by atoms with Crippen LogP contribution in [0.25, 0.3) is 0 Å². The second-order valence-electron chi connectivity index (χ2n) is 5.26. The van der Waals surface area contributed by atoms with Gasteiger partial charge in [0.05, 0.1) is 19.9 Å². The van der Waals surface area contributed by atoms with Crippen molar-refractivity contribution in [2.75, 3.05) is 25.2 Å². The molecule has 7 heteroatoms. The van der Waals surface area contributed by atoms with Crippen LogP contribution in [0.2, 0.25) is 0 Å². The van der Waals surface area contributed by atoms with Crippen LogP contribution in [0.3, 0.4) is 0 Å². The first-order valence-corrected chi connectivity index (χ1v) is 9.17. The summed E-state index contributed by atoms with van der Waals surface area (Å²) in [7, 11) is -2.04. The maximum atomic E-state index is 12.2. The van der Waals surface area contributed by atoms with Crippen LogP contribution >= 0.6 is 0 Å². The molecule has 0 spiro atoms. The zero-order valence-corrected chi connectivity index (χ0v) is 14.4. The molecule has 0 aliphatic rings. The molecule has 0 aliphatic carbocycles. The van der Waals surface area contributed by atoms with E-state index in [0.717, 1.165) is 10.6 Å². The van der Waals surface area contributed by atoms with Crippen molar-refractivity contribution in [2.45, 2.75) is 6.54 Å².